The second kappa shape index (κ2) is 6.67. The van der Waals surface area contributed by atoms with E-state index in [-0.39, 0.29) is 4.75 Å². The average molecular weight is 284 g/mol. The topological polar surface area (TPSA) is 18.5 Å². The van der Waals surface area contributed by atoms with E-state index in [2.05, 4.69) is 40.0 Å². The van der Waals surface area contributed by atoms with Crippen molar-refractivity contribution in [1.82, 2.24) is 0 Å². The lowest BCUT2D eigenvalue weighted by Gasteiger charge is -2.46. The smallest absolute Gasteiger partial charge is 0.122 e. The minimum absolute atomic E-state index is 0.225. The Morgan fingerprint density at radius 3 is 2.32 bits per heavy atom. The van der Waals surface area contributed by atoms with E-state index in [1.165, 1.54) is 5.56 Å². The summed E-state index contributed by atoms with van der Waals surface area (Å²) in [6.07, 6.45) is 3.19. The average Bonchev–Trinajstić information content (AvgIpc) is 2.37. The van der Waals surface area contributed by atoms with Gasteiger partial charge in [-0.3, -0.25) is 0 Å². The van der Waals surface area contributed by atoms with Crippen molar-refractivity contribution in [2.45, 2.75) is 38.9 Å². The van der Waals surface area contributed by atoms with E-state index in [4.69, 9.17) is 8.92 Å². The third kappa shape index (κ3) is 4.15. The Bertz CT molecular complexity index is 398. The zero-order chi connectivity index (χ0) is 14.5. The second-order valence-corrected chi connectivity index (χ2v) is 9.84. The van der Waals surface area contributed by atoms with Crippen LogP contribution in [0.2, 0.25) is 0 Å². The number of hydrogen-bond donors (Lipinski definition) is 0. The molecule has 0 spiro atoms. The highest BCUT2D eigenvalue weighted by molar-refractivity contribution is 8.30. The van der Waals surface area contributed by atoms with Gasteiger partial charge in [0.2, 0.25) is 0 Å². The van der Waals surface area contributed by atoms with Crippen LogP contribution in [0.5, 0.6) is 5.75 Å². The Hall–Kier alpha value is -0.670. The van der Waals surface area contributed by atoms with Gasteiger partial charge >= 0.3 is 0 Å². The molecule has 0 fully saturated rings. The maximum atomic E-state index is 6.27. The lowest BCUT2D eigenvalue weighted by Crippen LogP contribution is -2.28. The third-order valence-electron chi connectivity index (χ3n) is 3.75. The molecule has 0 saturated heterocycles. The number of methoxy groups -OCH3 is 1. The molecule has 1 unspecified atom stereocenters. The fourth-order valence-electron chi connectivity index (χ4n) is 1.94. The zero-order valence-corrected chi connectivity index (χ0v) is 14.0. The van der Waals surface area contributed by atoms with Gasteiger partial charge in [-0.2, -0.15) is 0 Å². The summed E-state index contributed by atoms with van der Waals surface area (Å²) < 4.78 is 11.9. The van der Waals surface area contributed by atoms with E-state index in [9.17, 15) is 0 Å². The molecular formula is C16H28O2S. The first-order valence-electron chi connectivity index (χ1n) is 6.86. The summed E-state index contributed by atoms with van der Waals surface area (Å²) in [4.78, 5) is 0. The predicted octanol–water partition coefficient (Wildman–Crippen LogP) is 4.42. The van der Waals surface area contributed by atoms with Crippen molar-refractivity contribution < 1.29 is 8.92 Å². The van der Waals surface area contributed by atoms with Crippen LogP contribution in [0.4, 0.5) is 0 Å². The fourth-order valence-corrected chi connectivity index (χ4v) is 3.78. The molecule has 3 heteroatoms. The van der Waals surface area contributed by atoms with Crippen molar-refractivity contribution in [3.8, 4) is 5.75 Å². The quantitative estimate of drug-likeness (QED) is 0.769. The van der Waals surface area contributed by atoms with Crippen molar-refractivity contribution in [3.05, 3.63) is 29.8 Å². The summed E-state index contributed by atoms with van der Waals surface area (Å²) in [5.74, 6) is 2.05. The Labute approximate surface area is 120 Å². The van der Waals surface area contributed by atoms with Crippen molar-refractivity contribution in [2.24, 2.45) is 0 Å². The Morgan fingerprint density at radius 1 is 1.16 bits per heavy atom. The van der Waals surface area contributed by atoms with Crippen LogP contribution < -0.4 is 4.74 Å². The van der Waals surface area contributed by atoms with Gasteiger partial charge in [0.05, 0.1) is 13.7 Å². The van der Waals surface area contributed by atoms with E-state index in [1.807, 2.05) is 18.2 Å². The van der Waals surface area contributed by atoms with E-state index in [1.54, 1.807) is 7.11 Å². The van der Waals surface area contributed by atoms with Crippen molar-refractivity contribution in [3.63, 3.8) is 0 Å². The summed E-state index contributed by atoms with van der Waals surface area (Å²) in [7, 11) is 0.695. The molecule has 1 aromatic carbocycles. The van der Waals surface area contributed by atoms with Crippen LogP contribution in [0.25, 0.3) is 0 Å². The summed E-state index contributed by atoms with van der Waals surface area (Å²) in [5.41, 5.74) is 1.22. The minimum atomic E-state index is -1.02. The fraction of sp³-hybridized carbons (Fsp3) is 0.625. The Balaban J connectivity index is 2.63. The molecule has 1 atom stereocenters. The molecule has 1 aromatic rings. The monoisotopic (exact) mass is 284 g/mol. The molecule has 110 valence electrons. The number of hydrogen-bond acceptors (Lipinski definition) is 2. The maximum absolute atomic E-state index is 6.27. The highest BCUT2D eigenvalue weighted by atomic mass is 32.3. The largest absolute Gasteiger partial charge is 0.496 e. The number of benzene rings is 1. The molecule has 0 aromatic heterocycles. The molecule has 0 N–H and O–H groups in total. The maximum Gasteiger partial charge on any atom is 0.122 e. The molecular weight excluding hydrogens is 256 g/mol. The molecule has 0 amide bonds. The molecule has 0 aliphatic carbocycles. The van der Waals surface area contributed by atoms with Crippen LogP contribution in [-0.2, 0) is 10.6 Å². The molecule has 0 radical (unpaired) electrons. The van der Waals surface area contributed by atoms with Gasteiger partial charge < -0.3 is 8.92 Å². The van der Waals surface area contributed by atoms with Crippen LogP contribution in [0.15, 0.2) is 24.3 Å². The standard InChI is InChI=1S/C16H28O2S/c1-7-19(6,16(2,3)4)18-13-12-14-10-8-9-11-15(14)17-5/h8-11H,7,12-13H2,1-6H3. The summed E-state index contributed by atoms with van der Waals surface area (Å²) in [6.45, 7) is 9.81. The molecule has 0 aliphatic rings. The van der Waals surface area contributed by atoms with Gasteiger partial charge in [-0.05, 0) is 23.6 Å². The summed E-state index contributed by atoms with van der Waals surface area (Å²) >= 11 is 0. The lowest BCUT2D eigenvalue weighted by molar-refractivity contribution is 0.346. The van der Waals surface area contributed by atoms with Gasteiger partial charge in [-0.25, -0.2) is 0 Å². The SMILES string of the molecule is CCS(C)(OCCc1ccccc1OC)C(C)(C)C. The highest BCUT2D eigenvalue weighted by Gasteiger charge is 2.31. The summed E-state index contributed by atoms with van der Waals surface area (Å²) in [6, 6.07) is 8.16. The van der Waals surface area contributed by atoms with E-state index in [0.717, 1.165) is 24.5 Å². The number of rotatable bonds is 6. The molecule has 0 bridgehead atoms. The van der Waals surface area contributed by atoms with Crippen LogP contribution >= 0.6 is 10.3 Å². The van der Waals surface area contributed by atoms with E-state index < -0.39 is 10.3 Å². The van der Waals surface area contributed by atoms with Gasteiger partial charge in [-0.1, -0.05) is 45.9 Å². The van der Waals surface area contributed by atoms with Gasteiger partial charge in [0.15, 0.2) is 0 Å². The molecule has 2 nitrogen and oxygen atoms in total. The number of para-hydroxylation sites is 1. The van der Waals surface area contributed by atoms with Crippen LogP contribution in [0.1, 0.15) is 33.3 Å². The Morgan fingerprint density at radius 2 is 1.79 bits per heavy atom. The first kappa shape index (κ1) is 16.4. The summed E-state index contributed by atoms with van der Waals surface area (Å²) in [5, 5.41) is 0. The van der Waals surface area contributed by atoms with E-state index >= 15 is 0 Å². The van der Waals surface area contributed by atoms with Gasteiger partial charge in [0.25, 0.3) is 0 Å². The second-order valence-electron chi connectivity index (χ2n) is 5.79. The van der Waals surface area contributed by atoms with Gasteiger partial charge in [0, 0.05) is 11.2 Å². The molecule has 1 rings (SSSR count). The first-order valence-corrected chi connectivity index (χ1v) is 8.99. The Kier molecular flexibility index (Phi) is 5.75. The highest BCUT2D eigenvalue weighted by Crippen LogP contribution is 2.56. The van der Waals surface area contributed by atoms with Crippen molar-refractivity contribution >= 4 is 10.3 Å². The van der Waals surface area contributed by atoms with Crippen LogP contribution in [0.3, 0.4) is 0 Å². The minimum Gasteiger partial charge on any atom is -0.496 e. The van der Waals surface area contributed by atoms with Crippen LogP contribution in [-0.4, -0.2) is 30.5 Å². The van der Waals surface area contributed by atoms with Gasteiger partial charge in [-0.15, -0.1) is 10.3 Å². The normalized spacial score (nSPS) is 16.7. The molecule has 19 heavy (non-hydrogen) atoms. The van der Waals surface area contributed by atoms with E-state index in [0.29, 0.717) is 0 Å². The van der Waals surface area contributed by atoms with Crippen LogP contribution in [0, 0.1) is 0 Å². The first-order chi connectivity index (χ1) is 8.84. The lowest BCUT2D eigenvalue weighted by atomic mass is 10.1. The third-order valence-corrected chi connectivity index (χ3v) is 8.13. The zero-order valence-electron chi connectivity index (χ0n) is 13.2. The van der Waals surface area contributed by atoms with Gasteiger partial charge in [0.1, 0.15) is 5.75 Å². The molecule has 0 aliphatic heterocycles. The predicted molar refractivity (Wildman–Crippen MR) is 86.5 cm³/mol. The van der Waals surface area contributed by atoms with Crippen molar-refractivity contribution in [2.75, 3.05) is 25.7 Å². The molecule has 0 saturated carbocycles. The number of ether oxygens (including phenoxy) is 1. The molecule has 0 heterocycles. The van der Waals surface area contributed by atoms with Crippen molar-refractivity contribution in [1.29, 1.82) is 0 Å².